The van der Waals surface area contributed by atoms with Crippen LogP contribution in [0.4, 0.5) is 0 Å². The van der Waals surface area contributed by atoms with Crippen LogP contribution in [0.2, 0.25) is 0 Å². The van der Waals surface area contributed by atoms with Crippen molar-refractivity contribution >= 4 is 21.8 Å². The number of morpholine rings is 1. The number of amides is 1. The number of nitrogens with two attached hydrogens (primary N) is 1. The van der Waals surface area contributed by atoms with Crippen molar-refractivity contribution in [3.05, 3.63) is 34.3 Å². The highest BCUT2D eigenvalue weighted by atomic mass is 79.9. The van der Waals surface area contributed by atoms with Gasteiger partial charge in [-0.2, -0.15) is 0 Å². The summed E-state index contributed by atoms with van der Waals surface area (Å²) in [6.45, 7) is 3.22. The number of hydrogen-bond donors (Lipinski definition) is 1. The molecule has 1 atom stereocenters. The van der Waals surface area contributed by atoms with Gasteiger partial charge in [0.1, 0.15) is 5.60 Å². The molecule has 1 fully saturated rings. The van der Waals surface area contributed by atoms with Gasteiger partial charge in [0, 0.05) is 31.2 Å². The number of rotatable bonds is 6. The molecule has 1 aromatic carbocycles. The van der Waals surface area contributed by atoms with Gasteiger partial charge in [-0.05, 0) is 17.7 Å². The van der Waals surface area contributed by atoms with E-state index < -0.39 is 5.60 Å². The van der Waals surface area contributed by atoms with Gasteiger partial charge < -0.3 is 15.2 Å². The van der Waals surface area contributed by atoms with E-state index in [9.17, 15) is 4.79 Å². The van der Waals surface area contributed by atoms with Crippen LogP contribution >= 0.6 is 15.9 Å². The van der Waals surface area contributed by atoms with E-state index in [1.54, 1.807) is 7.11 Å². The molecule has 0 spiro atoms. The number of ether oxygens (including phenoxy) is 2. The van der Waals surface area contributed by atoms with Crippen LogP contribution in [0.25, 0.3) is 0 Å². The summed E-state index contributed by atoms with van der Waals surface area (Å²) in [5, 5.41) is 0. The van der Waals surface area contributed by atoms with Crippen molar-refractivity contribution in [1.29, 1.82) is 0 Å². The molecule has 1 aromatic rings. The lowest BCUT2D eigenvalue weighted by Gasteiger charge is -2.41. The molecule has 0 unspecified atom stereocenters. The monoisotopic (exact) mass is 356 g/mol. The van der Waals surface area contributed by atoms with Crippen LogP contribution in [0.1, 0.15) is 12.0 Å². The average molecular weight is 357 g/mol. The molecule has 2 rings (SSSR count). The van der Waals surface area contributed by atoms with Gasteiger partial charge in [-0.25, -0.2) is 0 Å². The fraction of sp³-hybridized carbons (Fsp3) is 0.533. The van der Waals surface area contributed by atoms with E-state index in [-0.39, 0.29) is 12.3 Å². The molecular weight excluding hydrogens is 336 g/mol. The second-order valence-corrected chi connectivity index (χ2v) is 6.36. The van der Waals surface area contributed by atoms with Crippen molar-refractivity contribution in [3.63, 3.8) is 0 Å². The molecule has 0 aliphatic carbocycles. The van der Waals surface area contributed by atoms with Gasteiger partial charge in [-0.1, -0.05) is 28.1 Å². The Kier molecular flexibility index (Phi) is 5.75. The SMILES string of the molecule is COC[C@@]1(CC(N)=O)CN(Cc2cccc(Br)c2)CCO1. The van der Waals surface area contributed by atoms with Gasteiger partial charge >= 0.3 is 0 Å². The van der Waals surface area contributed by atoms with E-state index in [4.69, 9.17) is 15.2 Å². The zero-order chi connectivity index (χ0) is 15.3. The highest BCUT2D eigenvalue weighted by Gasteiger charge is 2.38. The van der Waals surface area contributed by atoms with E-state index in [0.29, 0.717) is 19.8 Å². The summed E-state index contributed by atoms with van der Waals surface area (Å²) in [4.78, 5) is 13.6. The minimum Gasteiger partial charge on any atom is -0.382 e. The number of carbonyl (C=O) groups is 1. The van der Waals surface area contributed by atoms with Crippen molar-refractivity contribution in [2.24, 2.45) is 5.73 Å². The van der Waals surface area contributed by atoms with Crippen LogP contribution in [-0.4, -0.2) is 49.8 Å². The summed E-state index contributed by atoms with van der Waals surface area (Å²) in [5.74, 6) is -0.364. The van der Waals surface area contributed by atoms with Crippen molar-refractivity contribution in [2.75, 3.05) is 33.4 Å². The van der Waals surface area contributed by atoms with E-state index in [1.165, 1.54) is 5.56 Å². The topological polar surface area (TPSA) is 64.8 Å². The molecule has 0 aromatic heterocycles. The molecule has 2 N–H and O–H groups in total. The second kappa shape index (κ2) is 7.35. The molecule has 0 bridgehead atoms. The number of hydrogen-bond acceptors (Lipinski definition) is 4. The van der Waals surface area contributed by atoms with Crippen LogP contribution < -0.4 is 5.73 Å². The fourth-order valence-electron chi connectivity index (χ4n) is 2.78. The van der Waals surface area contributed by atoms with Gasteiger partial charge in [0.2, 0.25) is 5.91 Å². The first-order valence-corrected chi connectivity index (χ1v) is 7.70. The van der Waals surface area contributed by atoms with Crippen LogP contribution in [0.15, 0.2) is 28.7 Å². The Labute approximate surface area is 133 Å². The predicted molar refractivity (Wildman–Crippen MR) is 83.8 cm³/mol. The number of primary amides is 1. The Balaban J connectivity index is 2.06. The maximum Gasteiger partial charge on any atom is 0.220 e. The Hall–Kier alpha value is -0.950. The van der Waals surface area contributed by atoms with Gasteiger partial charge in [-0.15, -0.1) is 0 Å². The van der Waals surface area contributed by atoms with E-state index in [0.717, 1.165) is 17.6 Å². The molecule has 1 saturated heterocycles. The van der Waals surface area contributed by atoms with E-state index in [1.807, 2.05) is 12.1 Å². The third-order valence-corrected chi connectivity index (χ3v) is 4.02. The quantitative estimate of drug-likeness (QED) is 0.839. The van der Waals surface area contributed by atoms with Crippen molar-refractivity contribution < 1.29 is 14.3 Å². The number of methoxy groups -OCH3 is 1. The Morgan fingerprint density at radius 3 is 3.05 bits per heavy atom. The van der Waals surface area contributed by atoms with Gasteiger partial charge in [0.25, 0.3) is 0 Å². The molecule has 1 aliphatic heterocycles. The molecule has 5 nitrogen and oxygen atoms in total. The Bertz CT molecular complexity index is 494. The number of nitrogens with zero attached hydrogens (tertiary/aromatic N) is 1. The minimum absolute atomic E-state index is 0.176. The molecule has 0 radical (unpaired) electrons. The van der Waals surface area contributed by atoms with Crippen molar-refractivity contribution in [3.8, 4) is 0 Å². The Morgan fingerprint density at radius 1 is 1.57 bits per heavy atom. The molecule has 6 heteroatoms. The number of benzene rings is 1. The molecule has 1 heterocycles. The lowest BCUT2D eigenvalue weighted by molar-refractivity contribution is -0.154. The van der Waals surface area contributed by atoms with E-state index in [2.05, 4.69) is 33.0 Å². The lowest BCUT2D eigenvalue weighted by Crippen LogP contribution is -2.55. The van der Waals surface area contributed by atoms with E-state index >= 15 is 0 Å². The summed E-state index contributed by atoms with van der Waals surface area (Å²) in [6.07, 6.45) is 0.176. The van der Waals surface area contributed by atoms with Gasteiger partial charge in [-0.3, -0.25) is 9.69 Å². The van der Waals surface area contributed by atoms with Crippen molar-refractivity contribution in [2.45, 2.75) is 18.6 Å². The predicted octanol–water partition coefficient (Wildman–Crippen LogP) is 1.54. The van der Waals surface area contributed by atoms with Crippen LogP contribution in [0.3, 0.4) is 0 Å². The normalized spacial score (nSPS) is 23.1. The van der Waals surface area contributed by atoms with Gasteiger partial charge in [0.05, 0.1) is 19.6 Å². The molecule has 1 amide bonds. The molecule has 0 saturated carbocycles. The van der Waals surface area contributed by atoms with Crippen molar-refractivity contribution in [1.82, 2.24) is 4.90 Å². The smallest absolute Gasteiger partial charge is 0.220 e. The average Bonchev–Trinajstić information content (AvgIpc) is 2.38. The first-order chi connectivity index (χ1) is 10.0. The molecule has 116 valence electrons. The number of halogens is 1. The Morgan fingerprint density at radius 2 is 2.38 bits per heavy atom. The highest BCUT2D eigenvalue weighted by molar-refractivity contribution is 9.10. The maximum absolute atomic E-state index is 11.3. The third-order valence-electron chi connectivity index (χ3n) is 3.53. The largest absolute Gasteiger partial charge is 0.382 e. The standard InChI is InChI=1S/C15H21BrN2O3/c1-20-11-15(8-14(17)19)10-18(5-6-21-15)9-12-3-2-4-13(16)7-12/h2-4,7H,5-6,8-11H2,1H3,(H2,17,19)/t15-/m1/s1. The molecule has 1 aliphatic rings. The fourth-order valence-corrected chi connectivity index (χ4v) is 3.22. The third kappa shape index (κ3) is 4.78. The maximum atomic E-state index is 11.3. The summed E-state index contributed by atoms with van der Waals surface area (Å²) in [6, 6.07) is 8.21. The zero-order valence-corrected chi connectivity index (χ0v) is 13.8. The minimum atomic E-state index is -0.634. The zero-order valence-electron chi connectivity index (χ0n) is 12.2. The van der Waals surface area contributed by atoms with Crippen LogP contribution in [0.5, 0.6) is 0 Å². The highest BCUT2D eigenvalue weighted by Crippen LogP contribution is 2.24. The summed E-state index contributed by atoms with van der Waals surface area (Å²) in [7, 11) is 1.61. The lowest BCUT2D eigenvalue weighted by atomic mass is 9.97. The van der Waals surface area contributed by atoms with Crippen LogP contribution in [-0.2, 0) is 20.8 Å². The van der Waals surface area contributed by atoms with Gasteiger partial charge in [0.15, 0.2) is 0 Å². The summed E-state index contributed by atoms with van der Waals surface area (Å²) < 4.78 is 12.1. The summed E-state index contributed by atoms with van der Waals surface area (Å²) in [5.41, 5.74) is 5.94. The van der Waals surface area contributed by atoms with Crippen LogP contribution in [0, 0.1) is 0 Å². The second-order valence-electron chi connectivity index (χ2n) is 5.45. The molecular formula is C15H21BrN2O3. The summed E-state index contributed by atoms with van der Waals surface area (Å²) >= 11 is 3.48. The first kappa shape index (κ1) is 16.4. The number of carbonyl (C=O) groups excluding carboxylic acids is 1. The molecule has 21 heavy (non-hydrogen) atoms. The first-order valence-electron chi connectivity index (χ1n) is 6.91.